The Morgan fingerprint density at radius 1 is 1.50 bits per heavy atom. The highest BCUT2D eigenvalue weighted by atomic mass is 35.5. The van der Waals surface area contributed by atoms with Gasteiger partial charge in [0.1, 0.15) is 0 Å². The van der Waals surface area contributed by atoms with Crippen molar-refractivity contribution in [2.45, 2.75) is 30.3 Å². The predicted molar refractivity (Wildman–Crippen MR) is 77.0 cm³/mol. The molecule has 0 aliphatic carbocycles. The molecule has 0 spiro atoms. The van der Waals surface area contributed by atoms with Gasteiger partial charge in [-0.25, -0.2) is 18.1 Å². The molecule has 0 saturated carbocycles. The van der Waals surface area contributed by atoms with E-state index in [4.69, 9.17) is 5.26 Å². The van der Waals surface area contributed by atoms with Crippen molar-refractivity contribution >= 4 is 22.4 Å². The number of aromatic nitrogens is 1. The van der Waals surface area contributed by atoms with Gasteiger partial charge in [-0.1, -0.05) is 6.42 Å². The maximum absolute atomic E-state index is 12.0. The topological polar surface area (TPSA) is 94.9 Å². The van der Waals surface area contributed by atoms with E-state index >= 15 is 0 Å². The molecule has 0 amide bonds. The van der Waals surface area contributed by atoms with Gasteiger partial charge in [-0.3, -0.25) is 0 Å². The van der Waals surface area contributed by atoms with Gasteiger partial charge in [0.2, 0.25) is 0 Å². The molecule has 20 heavy (non-hydrogen) atoms. The number of hydrogen-bond acceptors (Lipinski definition) is 5. The second-order valence-corrected chi connectivity index (χ2v) is 6.21. The summed E-state index contributed by atoms with van der Waals surface area (Å²) in [6.07, 6.45) is 4.54. The summed E-state index contributed by atoms with van der Waals surface area (Å²) in [4.78, 5) is 3.80. The van der Waals surface area contributed by atoms with E-state index in [0.29, 0.717) is 6.54 Å². The molecule has 110 valence electrons. The number of nitrogens with zero attached hydrogens (tertiary/aromatic N) is 2. The van der Waals surface area contributed by atoms with Crippen molar-refractivity contribution in [2.75, 3.05) is 13.1 Å². The van der Waals surface area contributed by atoms with E-state index in [-0.39, 0.29) is 29.0 Å². The molecule has 1 aliphatic rings. The number of halogens is 1. The molecule has 0 aromatic carbocycles. The smallest absolute Gasteiger partial charge is 0.258 e. The molecular weight excluding hydrogens is 300 g/mol. The van der Waals surface area contributed by atoms with Crippen LogP contribution in [0.2, 0.25) is 0 Å². The van der Waals surface area contributed by atoms with E-state index < -0.39 is 10.0 Å². The van der Waals surface area contributed by atoms with Crippen LogP contribution in [-0.4, -0.2) is 32.5 Å². The Hall–Kier alpha value is -1.20. The molecule has 0 radical (unpaired) electrons. The summed E-state index contributed by atoms with van der Waals surface area (Å²) in [5.41, 5.74) is 0.283. The summed E-state index contributed by atoms with van der Waals surface area (Å²) >= 11 is 0. The Morgan fingerprint density at radius 3 is 2.95 bits per heavy atom. The lowest BCUT2D eigenvalue weighted by Crippen LogP contribution is -2.43. The number of hydrogen-bond donors (Lipinski definition) is 2. The molecule has 6 nitrogen and oxygen atoms in total. The Bertz CT molecular complexity index is 579. The van der Waals surface area contributed by atoms with Crippen molar-refractivity contribution in [2.24, 2.45) is 0 Å². The van der Waals surface area contributed by atoms with Crippen LogP contribution < -0.4 is 10.0 Å². The summed E-state index contributed by atoms with van der Waals surface area (Å²) in [6.45, 7) is 1.27. The van der Waals surface area contributed by atoms with Crippen LogP contribution in [0.5, 0.6) is 0 Å². The molecule has 0 bridgehead atoms. The van der Waals surface area contributed by atoms with Crippen molar-refractivity contribution in [3.63, 3.8) is 0 Å². The average Bonchev–Trinajstić information content (AvgIpc) is 2.46. The minimum absolute atomic E-state index is 0. The lowest BCUT2D eigenvalue weighted by Gasteiger charge is -2.23. The molecule has 8 heteroatoms. The fourth-order valence-corrected chi connectivity index (χ4v) is 3.06. The highest BCUT2D eigenvalue weighted by Gasteiger charge is 2.19. The molecule has 2 rings (SSSR count). The SMILES string of the molecule is Cl.N#Cc1ccnc(S(=O)(=O)NCC2CCCCN2)c1. The maximum Gasteiger partial charge on any atom is 0.258 e. The minimum Gasteiger partial charge on any atom is -0.313 e. The average molecular weight is 317 g/mol. The Morgan fingerprint density at radius 2 is 2.30 bits per heavy atom. The van der Waals surface area contributed by atoms with Crippen molar-refractivity contribution in [1.82, 2.24) is 15.0 Å². The van der Waals surface area contributed by atoms with Crippen LogP contribution in [0.25, 0.3) is 0 Å². The molecule has 1 aliphatic heterocycles. The molecule has 1 unspecified atom stereocenters. The Balaban J connectivity index is 0.00000200. The third-order valence-electron chi connectivity index (χ3n) is 3.07. The number of nitrogens with one attached hydrogen (secondary N) is 2. The first-order valence-corrected chi connectivity index (χ1v) is 7.69. The number of piperidine rings is 1. The summed E-state index contributed by atoms with van der Waals surface area (Å²) < 4.78 is 26.6. The van der Waals surface area contributed by atoms with Gasteiger partial charge in [-0.15, -0.1) is 12.4 Å². The van der Waals surface area contributed by atoms with Crippen LogP contribution in [0.1, 0.15) is 24.8 Å². The van der Waals surface area contributed by atoms with Crippen LogP contribution >= 0.6 is 12.4 Å². The molecule has 2 heterocycles. The third-order valence-corrected chi connectivity index (χ3v) is 4.39. The molecule has 2 N–H and O–H groups in total. The first kappa shape index (κ1) is 16.9. The highest BCUT2D eigenvalue weighted by molar-refractivity contribution is 7.89. The second kappa shape index (κ2) is 7.55. The van der Waals surface area contributed by atoms with E-state index in [1.54, 1.807) is 0 Å². The fraction of sp³-hybridized carbons (Fsp3) is 0.500. The summed E-state index contributed by atoms with van der Waals surface area (Å²) in [5.74, 6) is 0. The van der Waals surface area contributed by atoms with Gasteiger partial charge in [0, 0.05) is 18.8 Å². The van der Waals surface area contributed by atoms with E-state index in [9.17, 15) is 8.42 Å². The zero-order valence-electron chi connectivity index (χ0n) is 10.9. The lowest BCUT2D eigenvalue weighted by atomic mass is 10.1. The largest absolute Gasteiger partial charge is 0.313 e. The van der Waals surface area contributed by atoms with Crippen LogP contribution in [-0.2, 0) is 10.0 Å². The van der Waals surface area contributed by atoms with Gasteiger partial charge in [-0.05, 0) is 31.5 Å². The molecular formula is C12H17ClN4O2S. The second-order valence-electron chi connectivity index (χ2n) is 4.49. The normalized spacial score (nSPS) is 18.9. The van der Waals surface area contributed by atoms with Crippen LogP contribution in [0.15, 0.2) is 23.4 Å². The van der Waals surface area contributed by atoms with E-state index in [1.807, 2.05) is 6.07 Å². The first-order valence-electron chi connectivity index (χ1n) is 6.21. The Labute approximate surface area is 125 Å². The lowest BCUT2D eigenvalue weighted by molar-refractivity contribution is 0.398. The monoisotopic (exact) mass is 316 g/mol. The van der Waals surface area contributed by atoms with Crippen LogP contribution in [0, 0.1) is 11.3 Å². The number of rotatable bonds is 4. The molecule has 1 atom stereocenters. The van der Waals surface area contributed by atoms with Gasteiger partial charge in [0.25, 0.3) is 10.0 Å². The van der Waals surface area contributed by atoms with Gasteiger partial charge in [-0.2, -0.15) is 5.26 Å². The van der Waals surface area contributed by atoms with Gasteiger partial charge < -0.3 is 5.32 Å². The summed E-state index contributed by atoms with van der Waals surface area (Å²) in [6, 6.07) is 4.82. The number of sulfonamides is 1. The fourth-order valence-electron chi connectivity index (χ4n) is 2.01. The standard InChI is InChI=1S/C12H16N4O2S.ClH/c13-8-10-4-6-15-12(7-10)19(17,18)16-9-11-3-1-2-5-14-11;/h4,6-7,11,14,16H,1-3,5,9H2;1H. The molecule has 1 fully saturated rings. The van der Waals surface area contributed by atoms with Gasteiger partial charge in [0.05, 0.1) is 11.6 Å². The maximum atomic E-state index is 12.0. The molecule has 1 aromatic rings. The van der Waals surface area contributed by atoms with Crippen molar-refractivity contribution in [1.29, 1.82) is 5.26 Å². The Kier molecular flexibility index (Phi) is 6.36. The van der Waals surface area contributed by atoms with E-state index in [0.717, 1.165) is 25.8 Å². The van der Waals surface area contributed by atoms with Crippen molar-refractivity contribution in [3.8, 4) is 6.07 Å². The van der Waals surface area contributed by atoms with Crippen LogP contribution in [0.3, 0.4) is 0 Å². The molecule has 1 aromatic heterocycles. The minimum atomic E-state index is -3.64. The summed E-state index contributed by atoms with van der Waals surface area (Å²) in [7, 11) is -3.64. The van der Waals surface area contributed by atoms with Crippen LogP contribution in [0.4, 0.5) is 0 Å². The number of nitriles is 1. The quantitative estimate of drug-likeness (QED) is 0.856. The zero-order chi connectivity index (χ0) is 13.7. The summed E-state index contributed by atoms with van der Waals surface area (Å²) in [5, 5.41) is 11.9. The van der Waals surface area contributed by atoms with E-state index in [1.165, 1.54) is 18.3 Å². The van der Waals surface area contributed by atoms with Crippen molar-refractivity contribution < 1.29 is 8.42 Å². The third kappa shape index (κ3) is 4.42. The number of pyridine rings is 1. The van der Waals surface area contributed by atoms with E-state index in [2.05, 4.69) is 15.0 Å². The zero-order valence-corrected chi connectivity index (χ0v) is 12.5. The highest BCUT2D eigenvalue weighted by Crippen LogP contribution is 2.09. The van der Waals surface area contributed by atoms with Gasteiger partial charge in [0.15, 0.2) is 5.03 Å². The first-order chi connectivity index (χ1) is 9.12. The molecule has 1 saturated heterocycles. The van der Waals surface area contributed by atoms with Crippen molar-refractivity contribution in [3.05, 3.63) is 23.9 Å². The predicted octanol–water partition coefficient (Wildman–Crippen LogP) is 0.795. The van der Waals surface area contributed by atoms with Gasteiger partial charge >= 0.3 is 0 Å².